The molecular formula is C19H18FN5O2. The van der Waals surface area contributed by atoms with E-state index in [1.54, 1.807) is 0 Å². The van der Waals surface area contributed by atoms with Gasteiger partial charge in [-0.05, 0) is 42.3 Å². The standard InChI is InChI=1S/C19H18FN5O2/c20-12-6-7-15-13(10-12)14(11-18(26)22-15)19(27)21-8-3-5-17-24-23-16-4-1-2-9-25(16)17/h1-2,4,6-7,9-10,14H,3,5,8,11H2,(H,21,27)(H,22,26)/t14-/m1/s1. The van der Waals surface area contributed by atoms with Gasteiger partial charge in [-0.2, -0.15) is 0 Å². The Morgan fingerprint density at radius 2 is 2.19 bits per heavy atom. The van der Waals surface area contributed by atoms with Crippen molar-refractivity contribution in [1.82, 2.24) is 19.9 Å². The maximum absolute atomic E-state index is 13.6. The van der Waals surface area contributed by atoms with Crippen molar-refractivity contribution < 1.29 is 14.0 Å². The molecule has 1 aliphatic rings. The van der Waals surface area contributed by atoms with Gasteiger partial charge in [0.05, 0.1) is 5.92 Å². The Hall–Kier alpha value is -3.29. The number of anilines is 1. The molecule has 138 valence electrons. The van der Waals surface area contributed by atoms with Gasteiger partial charge in [-0.1, -0.05) is 6.07 Å². The maximum atomic E-state index is 13.6. The number of benzene rings is 1. The van der Waals surface area contributed by atoms with Crippen LogP contribution in [0.2, 0.25) is 0 Å². The van der Waals surface area contributed by atoms with Crippen LogP contribution in [0.4, 0.5) is 10.1 Å². The SMILES string of the molecule is O=C1C[C@@H](C(=O)NCCCc2nnc3ccccn23)c2cc(F)ccc2N1. The lowest BCUT2D eigenvalue weighted by molar-refractivity contribution is -0.126. The summed E-state index contributed by atoms with van der Waals surface area (Å²) in [5, 5.41) is 13.8. The number of pyridine rings is 1. The molecule has 4 rings (SSSR count). The van der Waals surface area contributed by atoms with E-state index >= 15 is 0 Å². The number of nitrogens with zero attached hydrogens (tertiary/aromatic N) is 3. The first kappa shape index (κ1) is 17.1. The average molecular weight is 367 g/mol. The lowest BCUT2D eigenvalue weighted by Crippen LogP contribution is -2.35. The van der Waals surface area contributed by atoms with E-state index in [9.17, 15) is 14.0 Å². The van der Waals surface area contributed by atoms with Gasteiger partial charge in [0.15, 0.2) is 5.65 Å². The monoisotopic (exact) mass is 367 g/mol. The van der Waals surface area contributed by atoms with Gasteiger partial charge >= 0.3 is 0 Å². The first-order chi connectivity index (χ1) is 13.1. The number of rotatable bonds is 5. The van der Waals surface area contributed by atoms with E-state index in [-0.39, 0.29) is 18.2 Å². The van der Waals surface area contributed by atoms with Crippen molar-refractivity contribution in [3.63, 3.8) is 0 Å². The summed E-state index contributed by atoms with van der Waals surface area (Å²) in [6.07, 6.45) is 3.24. The Morgan fingerprint density at radius 3 is 3.07 bits per heavy atom. The second-order valence-electron chi connectivity index (χ2n) is 6.48. The van der Waals surface area contributed by atoms with E-state index in [0.29, 0.717) is 30.6 Å². The van der Waals surface area contributed by atoms with Gasteiger partial charge < -0.3 is 10.6 Å². The molecule has 0 spiro atoms. The minimum atomic E-state index is -0.682. The predicted molar refractivity (Wildman–Crippen MR) is 96.7 cm³/mol. The molecule has 0 fully saturated rings. The van der Waals surface area contributed by atoms with Gasteiger partial charge in [0.1, 0.15) is 11.6 Å². The van der Waals surface area contributed by atoms with E-state index in [4.69, 9.17) is 0 Å². The molecule has 2 aromatic heterocycles. The predicted octanol–water partition coefficient (Wildman–Crippen LogP) is 2.04. The Morgan fingerprint density at radius 1 is 1.30 bits per heavy atom. The lowest BCUT2D eigenvalue weighted by atomic mass is 9.89. The number of hydrogen-bond donors (Lipinski definition) is 2. The van der Waals surface area contributed by atoms with E-state index in [2.05, 4.69) is 20.8 Å². The molecule has 2 amide bonds. The number of hydrogen-bond acceptors (Lipinski definition) is 4. The topological polar surface area (TPSA) is 88.4 Å². The smallest absolute Gasteiger partial charge is 0.228 e. The highest BCUT2D eigenvalue weighted by molar-refractivity contribution is 6.01. The first-order valence-corrected chi connectivity index (χ1v) is 8.77. The van der Waals surface area contributed by atoms with Gasteiger partial charge in [-0.15, -0.1) is 10.2 Å². The normalized spacial score (nSPS) is 16.0. The summed E-state index contributed by atoms with van der Waals surface area (Å²) in [5.74, 6) is -0.809. The molecular weight excluding hydrogens is 349 g/mol. The molecule has 3 aromatic rings. The molecule has 0 aliphatic carbocycles. The Labute approximate surface area is 154 Å². The summed E-state index contributed by atoms with van der Waals surface area (Å²) in [6.45, 7) is 0.434. The third-order valence-electron chi connectivity index (χ3n) is 4.63. The van der Waals surface area contributed by atoms with Gasteiger partial charge in [0.2, 0.25) is 11.8 Å². The van der Waals surface area contributed by atoms with Crippen LogP contribution in [0.5, 0.6) is 0 Å². The number of aryl methyl sites for hydroxylation is 1. The van der Waals surface area contributed by atoms with Crippen molar-refractivity contribution in [2.24, 2.45) is 0 Å². The second kappa shape index (κ2) is 7.14. The number of nitrogens with one attached hydrogen (secondary N) is 2. The highest BCUT2D eigenvalue weighted by Gasteiger charge is 2.30. The zero-order valence-electron chi connectivity index (χ0n) is 14.5. The van der Waals surface area contributed by atoms with Crippen LogP contribution in [0.3, 0.4) is 0 Å². The lowest BCUT2D eigenvalue weighted by Gasteiger charge is -2.24. The fourth-order valence-corrected chi connectivity index (χ4v) is 3.31. The third kappa shape index (κ3) is 3.51. The molecule has 2 N–H and O–H groups in total. The number of fused-ring (bicyclic) bond motifs is 2. The summed E-state index contributed by atoms with van der Waals surface area (Å²) in [7, 11) is 0. The van der Waals surface area contributed by atoms with Crippen molar-refractivity contribution in [3.05, 3.63) is 59.8 Å². The molecule has 1 atom stereocenters. The molecule has 3 heterocycles. The first-order valence-electron chi connectivity index (χ1n) is 8.77. The molecule has 7 nitrogen and oxygen atoms in total. The van der Waals surface area contributed by atoms with Crippen molar-refractivity contribution in [2.45, 2.75) is 25.2 Å². The minimum Gasteiger partial charge on any atom is -0.356 e. The highest BCUT2D eigenvalue weighted by atomic mass is 19.1. The number of carbonyl (C=O) groups is 2. The fraction of sp³-hybridized carbons (Fsp3) is 0.263. The molecule has 0 radical (unpaired) electrons. The number of aromatic nitrogens is 3. The zero-order valence-corrected chi connectivity index (χ0v) is 14.5. The third-order valence-corrected chi connectivity index (χ3v) is 4.63. The van der Waals surface area contributed by atoms with Crippen LogP contribution >= 0.6 is 0 Å². The Balaban J connectivity index is 1.37. The number of halogens is 1. The van der Waals surface area contributed by atoms with Crippen LogP contribution in [0.25, 0.3) is 5.65 Å². The van der Waals surface area contributed by atoms with Crippen molar-refractivity contribution in [1.29, 1.82) is 0 Å². The summed E-state index contributed by atoms with van der Waals surface area (Å²) >= 11 is 0. The summed E-state index contributed by atoms with van der Waals surface area (Å²) in [5.41, 5.74) is 1.78. The van der Waals surface area contributed by atoms with E-state index in [0.717, 1.165) is 11.5 Å². The summed E-state index contributed by atoms with van der Waals surface area (Å²) < 4.78 is 15.5. The second-order valence-corrected chi connectivity index (χ2v) is 6.48. The molecule has 0 unspecified atom stereocenters. The van der Waals surface area contributed by atoms with E-state index < -0.39 is 11.7 Å². The summed E-state index contributed by atoms with van der Waals surface area (Å²) in [6, 6.07) is 9.74. The number of amides is 2. The van der Waals surface area contributed by atoms with E-state index in [1.165, 1.54) is 18.2 Å². The van der Waals surface area contributed by atoms with Crippen LogP contribution in [0.1, 0.15) is 30.1 Å². The average Bonchev–Trinajstić information content (AvgIpc) is 3.08. The van der Waals surface area contributed by atoms with Crippen LogP contribution in [0, 0.1) is 5.82 Å². The van der Waals surface area contributed by atoms with Crippen LogP contribution in [-0.4, -0.2) is 33.0 Å². The Kier molecular flexibility index (Phi) is 4.53. The van der Waals surface area contributed by atoms with Gasteiger partial charge in [0, 0.05) is 31.3 Å². The van der Waals surface area contributed by atoms with Gasteiger partial charge in [-0.3, -0.25) is 14.0 Å². The molecule has 1 aliphatic heterocycles. The molecule has 0 saturated heterocycles. The quantitative estimate of drug-likeness (QED) is 0.676. The van der Waals surface area contributed by atoms with Crippen molar-refractivity contribution in [2.75, 3.05) is 11.9 Å². The molecule has 0 saturated carbocycles. The maximum Gasteiger partial charge on any atom is 0.228 e. The summed E-state index contributed by atoms with van der Waals surface area (Å²) in [4.78, 5) is 24.4. The molecule has 8 heteroatoms. The Bertz CT molecular complexity index is 1020. The molecule has 27 heavy (non-hydrogen) atoms. The van der Waals surface area contributed by atoms with Gasteiger partial charge in [0.25, 0.3) is 0 Å². The van der Waals surface area contributed by atoms with E-state index in [1.807, 2.05) is 28.8 Å². The van der Waals surface area contributed by atoms with Gasteiger partial charge in [-0.25, -0.2) is 4.39 Å². The molecule has 1 aromatic carbocycles. The largest absolute Gasteiger partial charge is 0.356 e. The van der Waals surface area contributed by atoms with Crippen LogP contribution in [0.15, 0.2) is 42.6 Å². The zero-order chi connectivity index (χ0) is 18.8. The number of carbonyl (C=O) groups excluding carboxylic acids is 2. The van der Waals surface area contributed by atoms with Crippen LogP contribution in [-0.2, 0) is 16.0 Å². The molecule has 0 bridgehead atoms. The van der Waals surface area contributed by atoms with Crippen molar-refractivity contribution in [3.8, 4) is 0 Å². The van der Waals surface area contributed by atoms with Crippen molar-refractivity contribution >= 4 is 23.1 Å². The fourth-order valence-electron chi connectivity index (χ4n) is 3.31. The van der Waals surface area contributed by atoms with Crippen LogP contribution < -0.4 is 10.6 Å². The minimum absolute atomic E-state index is 0.0110. The highest BCUT2D eigenvalue weighted by Crippen LogP contribution is 2.32.